The monoisotopic (exact) mass is 153 g/mol. The van der Waals surface area contributed by atoms with Crippen molar-refractivity contribution in [3.05, 3.63) is 11.9 Å². The van der Waals surface area contributed by atoms with Crippen LogP contribution in [0.3, 0.4) is 0 Å². The van der Waals surface area contributed by atoms with Crippen LogP contribution in [0, 0.1) is 6.92 Å². The molecule has 1 aromatic rings. The molecule has 0 spiro atoms. The average Bonchev–Trinajstić information content (AvgIpc) is 2.30. The lowest BCUT2D eigenvalue weighted by atomic mass is 10.4. The van der Waals surface area contributed by atoms with E-state index in [1.165, 1.54) is 0 Å². The number of imidazole rings is 1. The molecular weight excluding hydrogens is 138 g/mol. The molecule has 1 rings (SSSR count). The Hall–Kier alpha value is -0.990. The second kappa shape index (κ2) is 2.95. The Bertz CT molecular complexity index is 237. The lowest BCUT2D eigenvalue weighted by molar-refractivity contribution is 0.606. The van der Waals surface area contributed by atoms with Crippen LogP contribution in [0.4, 0.5) is 5.95 Å². The van der Waals surface area contributed by atoms with Crippen molar-refractivity contribution >= 4 is 5.95 Å². The fraction of sp³-hybridized carbons (Fsp3) is 0.625. The molecule has 11 heavy (non-hydrogen) atoms. The second-order valence-corrected chi connectivity index (χ2v) is 2.96. The van der Waals surface area contributed by atoms with Gasteiger partial charge in [0.05, 0.1) is 5.69 Å². The van der Waals surface area contributed by atoms with Gasteiger partial charge in [0.15, 0.2) is 0 Å². The van der Waals surface area contributed by atoms with Crippen molar-refractivity contribution in [3.63, 3.8) is 0 Å². The summed E-state index contributed by atoms with van der Waals surface area (Å²) in [6.07, 6.45) is 2.05. The predicted molar refractivity (Wildman–Crippen MR) is 46.9 cm³/mol. The molecule has 1 N–H and O–H groups in total. The maximum Gasteiger partial charge on any atom is 0.203 e. The molecule has 0 atom stereocenters. The fourth-order valence-corrected chi connectivity index (χ4v) is 1.09. The number of nitrogens with one attached hydrogen (secondary N) is 1. The Labute approximate surface area is 67.4 Å². The van der Waals surface area contributed by atoms with E-state index in [-0.39, 0.29) is 0 Å². The van der Waals surface area contributed by atoms with Crippen molar-refractivity contribution in [1.82, 2.24) is 9.55 Å². The summed E-state index contributed by atoms with van der Waals surface area (Å²) in [5.74, 6) is 0.942. The third kappa shape index (κ3) is 1.53. The maximum absolute atomic E-state index is 4.30. The van der Waals surface area contributed by atoms with Crippen LogP contribution in [0.25, 0.3) is 0 Å². The predicted octanol–water partition coefficient (Wildman–Crippen LogP) is 1.81. The molecule has 0 bridgehead atoms. The normalized spacial score (nSPS) is 10.6. The number of aromatic nitrogens is 2. The van der Waals surface area contributed by atoms with E-state index in [2.05, 4.69) is 34.9 Å². The number of hydrogen-bond acceptors (Lipinski definition) is 2. The van der Waals surface area contributed by atoms with E-state index >= 15 is 0 Å². The molecule has 0 aliphatic heterocycles. The minimum absolute atomic E-state index is 0.471. The van der Waals surface area contributed by atoms with Crippen molar-refractivity contribution in [1.29, 1.82) is 0 Å². The van der Waals surface area contributed by atoms with Crippen LogP contribution in [0.15, 0.2) is 6.20 Å². The van der Waals surface area contributed by atoms with Crippen LogP contribution < -0.4 is 5.32 Å². The number of aryl methyl sites for hydroxylation is 1. The van der Waals surface area contributed by atoms with Crippen molar-refractivity contribution in [2.24, 2.45) is 0 Å². The Balaban J connectivity index is 3.02. The van der Waals surface area contributed by atoms with Gasteiger partial charge in [0, 0.05) is 19.3 Å². The van der Waals surface area contributed by atoms with Gasteiger partial charge in [-0.2, -0.15) is 0 Å². The zero-order valence-electron chi connectivity index (χ0n) is 7.55. The molecule has 1 aromatic heterocycles. The molecule has 62 valence electrons. The van der Waals surface area contributed by atoms with Crippen molar-refractivity contribution in [2.45, 2.75) is 26.8 Å². The molecule has 0 fully saturated rings. The topological polar surface area (TPSA) is 29.9 Å². The van der Waals surface area contributed by atoms with Gasteiger partial charge in [0.2, 0.25) is 5.95 Å². The highest BCUT2D eigenvalue weighted by atomic mass is 15.2. The maximum atomic E-state index is 4.30. The van der Waals surface area contributed by atoms with Crippen LogP contribution in [-0.2, 0) is 0 Å². The van der Waals surface area contributed by atoms with E-state index in [1.54, 1.807) is 0 Å². The van der Waals surface area contributed by atoms with Gasteiger partial charge in [-0.15, -0.1) is 0 Å². The van der Waals surface area contributed by atoms with Crippen molar-refractivity contribution < 1.29 is 0 Å². The molecule has 3 nitrogen and oxygen atoms in total. The second-order valence-electron chi connectivity index (χ2n) is 2.96. The quantitative estimate of drug-likeness (QED) is 0.702. The molecule has 0 saturated heterocycles. The first kappa shape index (κ1) is 8.11. The lowest BCUT2D eigenvalue weighted by Crippen LogP contribution is -2.04. The summed E-state index contributed by atoms with van der Waals surface area (Å²) in [5.41, 5.74) is 1.06. The summed E-state index contributed by atoms with van der Waals surface area (Å²) >= 11 is 0. The minimum Gasteiger partial charge on any atom is -0.359 e. The Morgan fingerprint density at radius 3 is 2.55 bits per heavy atom. The van der Waals surface area contributed by atoms with E-state index in [0.717, 1.165) is 11.6 Å². The largest absolute Gasteiger partial charge is 0.359 e. The number of nitrogens with zero attached hydrogens (tertiary/aromatic N) is 2. The summed E-state index contributed by atoms with van der Waals surface area (Å²) in [6.45, 7) is 6.28. The standard InChI is InChI=1S/C8H15N3/c1-6(2)11-5-7(3)10-8(11)9-4/h5-6H,1-4H3,(H,9,10). The van der Waals surface area contributed by atoms with Crippen LogP contribution in [0.5, 0.6) is 0 Å². The van der Waals surface area contributed by atoms with Gasteiger partial charge in [0.25, 0.3) is 0 Å². The highest BCUT2D eigenvalue weighted by Gasteiger charge is 2.05. The van der Waals surface area contributed by atoms with Crippen LogP contribution in [0.1, 0.15) is 25.6 Å². The SMILES string of the molecule is CNc1nc(C)cn1C(C)C. The molecule has 0 amide bonds. The third-order valence-electron chi connectivity index (χ3n) is 1.63. The Morgan fingerprint density at radius 1 is 1.55 bits per heavy atom. The molecule has 0 radical (unpaired) electrons. The molecule has 1 heterocycles. The van der Waals surface area contributed by atoms with Gasteiger partial charge in [0.1, 0.15) is 0 Å². The molecular formula is C8H15N3. The van der Waals surface area contributed by atoms with Crippen LogP contribution in [0.2, 0.25) is 0 Å². The molecule has 0 saturated carbocycles. The first-order chi connectivity index (χ1) is 5.15. The molecule has 0 aliphatic carbocycles. The van der Waals surface area contributed by atoms with Crippen LogP contribution in [-0.4, -0.2) is 16.6 Å². The molecule has 3 heteroatoms. The molecule has 0 aromatic carbocycles. The summed E-state index contributed by atoms with van der Waals surface area (Å²) in [4.78, 5) is 4.30. The van der Waals surface area contributed by atoms with Gasteiger partial charge in [-0.1, -0.05) is 0 Å². The Morgan fingerprint density at radius 2 is 2.18 bits per heavy atom. The van der Waals surface area contributed by atoms with E-state index < -0.39 is 0 Å². The number of rotatable bonds is 2. The third-order valence-corrected chi connectivity index (χ3v) is 1.63. The van der Waals surface area contributed by atoms with E-state index in [1.807, 2.05) is 14.0 Å². The minimum atomic E-state index is 0.471. The smallest absolute Gasteiger partial charge is 0.203 e. The molecule has 0 unspecified atom stereocenters. The summed E-state index contributed by atoms with van der Waals surface area (Å²) < 4.78 is 2.12. The first-order valence-electron chi connectivity index (χ1n) is 3.88. The summed E-state index contributed by atoms with van der Waals surface area (Å²) in [7, 11) is 1.89. The van der Waals surface area contributed by atoms with Crippen LogP contribution >= 0.6 is 0 Å². The molecule has 0 aliphatic rings. The van der Waals surface area contributed by atoms with Gasteiger partial charge in [-0.05, 0) is 20.8 Å². The number of hydrogen-bond donors (Lipinski definition) is 1. The average molecular weight is 153 g/mol. The highest BCUT2D eigenvalue weighted by molar-refractivity contribution is 5.28. The van der Waals surface area contributed by atoms with Gasteiger partial charge in [-0.25, -0.2) is 4.98 Å². The Kier molecular flexibility index (Phi) is 2.17. The number of anilines is 1. The van der Waals surface area contributed by atoms with E-state index in [0.29, 0.717) is 6.04 Å². The van der Waals surface area contributed by atoms with Crippen molar-refractivity contribution in [3.8, 4) is 0 Å². The zero-order chi connectivity index (χ0) is 8.43. The first-order valence-corrected chi connectivity index (χ1v) is 3.88. The summed E-state index contributed by atoms with van der Waals surface area (Å²) in [6, 6.07) is 0.471. The van der Waals surface area contributed by atoms with Gasteiger partial charge in [-0.3, -0.25) is 0 Å². The highest BCUT2D eigenvalue weighted by Crippen LogP contribution is 2.13. The van der Waals surface area contributed by atoms with E-state index in [9.17, 15) is 0 Å². The van der Waals surface area contributed by atoms with Crippen molar-refractivity contribution in [2.75, 3.05) is 12.4 Å². The van der Waals surface area contributed by atoms with E-state index in [4.69, 9.17) is 0 Å². The summed E-state index contributed by atoms with van der Waals surface area (Å²) in [5, 5.41) is 3.05. The lowest BCUT2D eigenvalue weighted by Gasteiger charge is -2.09. The zero-order valence-corrected chi connectivity index (χ0v) is 7.55. The van der Waals surface area contributed by atoms with Gasteiger partial charge >= 0.3 is 0 Å². The fourth-order valence-electron chi connectivity index (χ4n) is 1.09. The van der Waals surface area contributed by atoms with Gasteiger partial charge < -0.3 is 9.88 Å².